The van der Waals surface area contributed by atoms with E-state index in [1.807, 2.05) is 83.0 Å². The minimum atomic E-state index is 0.00639. The van der Waals surface area contributed by atoms with E-state index in [-0.39, 0.29) is 17.9 Å². The van der Waals surface area contributed by atoms with E-state index < -0.39 is 0 Å². The number of likely N-dealkylation sites (tertiary alicyclic amines) is 1. The van der Waals surface area contributed by atoms with Gasteiger partial charge in [0.1, 0.15) is 29.1 Å². The van der Waals surface area contributed by atoms with Gasteiger partial charge in [-0.1, -0.05) is 30.7 Å². The Morgan fingerprint density at radius 3 is 2.37 bits per heavy atom. The Morgan fingerprint density at radius 2 is 1.57 bits per heavy atom. The van der Waals surface area contributed by atoms with Gasteiger partial charge in [-0.15, -0.1) is 0 Å². The minimum Gasteiger partial charge on any atom is -0.457 e. The molecule has 310 valence electrons. The molecule has 8 rings (SSSR count). The van der Waals surface area contributed by atoms with Gasteiger partial charge in [-0.25, -0.2) is 9.61 Å². The summed E-state index contributed by atoms with van der Waals surface area (Å²) in [6.07, 6.45) is 10.2. The van der Waals surface area contributed by atoms with E-state index in [4.69, 9.17) is 14.1 Å². The Kier molecular flexibility index (Phi) is 12.9. The number of benzene rings is 3. The Hall–Kier alpha value is -6.72. The maximum Gasteiger partial charge on any atom is 0.284 e. The monoisotopic (exact) mass is 814 g/mol. The average Bonchev–Trinajstić information content (AvgIpc) is 3.93. The van der Waals surface area contributed by atoms with Gasteiger partial charge in [0.15, 0.2) is 5.52 Å². The van der Waals surface area contributed by atoms with E-state index in [0.29, 0.717) is 66.7 Å². The third-order valence-corrected chi connectivity index (χ3v) is 10.8. The zero-order valence-corrected chi connectivity index (χ0v) is 33.2. The molecule has 3 aromatic carbocycles. The van der Waals surface area contributed by atoms with Gasteiger partial charge in [0.25, 0.3) is 5.69 Å². The lowest BCUT2D eigenvalue weighted by Crippen LogP contribution is -2.55. The third kappa shape index (κ3) is 9.93. The molecule has 0 atom stereocenters. The lowest BCUT2D eigenvalue weighted by Gasteiger charge is -2.40. The van der Waals surface area contributed by atoms with Crippen LogP contribution in [0.25, 0.3) is 22.1 Å². The summed E-state index contributed by atoms with van der Waals surface area (Å²) in [7, 11) is 0. The summed E-state index contributed by atoms with van der Waals surface area (Å²) >= 11 is 0. The summed E-state index contributed by atoms with van der Waals surface area (Å²) in [5, 5.41) is 15.9. The number of anilines is 1. The van der Waals surface area contributed by atoms with Crippen molar-refractivity contribution < 1.29 is 28.9 Å². The number of nitrogens with zero attached hydrogens (tertiary/aromatic N) is 8. The van der Waals surface area contributed by atoms with Crippen molar-refractivity contribution in [2.24, 2.45) is 0 Å². The predicted octanol–water partition coefficient (Wildman–Crippen LogP) is 4.38. The van der Waals surface area contributed by atoms with Gasteiger partial charge in [0.2, 0.25) is 23.2 Å². The largest absolute Gasteiger partial charge is 0.457 e. The van der Waals surface area contributed by atoms with Crippen molar-refractivity contribution in [3.8, 4) is 23.1 Å². The maximum atomic E-state index is 13.0. The lowest BCUT2D eigenvalue weighted by molar-refractivity contribution is -0.377. The molecule has 3 aromatic heterocycles. The molecule has 5 heterocycles. The van der Waals surface area contributed by atoms with E-state index in [0.717, 1.165) is 81.0 Å². The highest BCUT2D eigenvalue weighted by molar-refractivity contribution is 5.93. The zero-order valence-electron chi connectivity index (χ0n) is 33.2. The van der Waals surface area contributed by atoms with Crippen molar-refractivity contribution in [3.05, 3.63) is 102 Å². The Balaban J connectivity index is 0.691. The van der Waals surface area contributed by atoms with Crippen molar-refractivity contribution >= 4 is 45.3 Å². The number of nitrogens with one attached hydrogen (secondary N) is 3. The molecule has 0 spiro atoms. The van der Waals surface area contributed by atoms with Gasteiger partial charge in [0, 0.05) is 100 Å². The molecule has 0 saturated carbocycles. The third-order valence-electron chi connectivity index (χ3n) is 10.8. The van der Waals surface area contributed by atoms with Crippen LogP contribution in [0.3, 0.4) is 0 Å². The maximum absolute atomic E-state index is 13.0. The van der Waals surface area contributed by atoms with Gasteiger partial charge in [-0.3, -0.25) is 19.4 Å². The number of fused-ring (bicyclic) bond motifs is 2. The van der Waals surface area contributed by atoms with Gasteiger partial charge in [0.05, 0.1) is 17.2 Å². The summed E-state index contributed by atoms with van der Waals surface area (Å²) in [4.78, 5) is 51.9. The second-order valence-electron chi connectivity index (χ2n) is 14.9. The number of carbonyl (C=O) groups is 2. The first-order valence-electron chi connectivity index (χ1n) is 20.4. The van der Waals surface area contributed by atoms with Crippen LogP contribution in [-0.4, -0.2) is 117 Å². The van der Waals surface area contributed by atoms with Crippen LogP contribution in [0, 0.1) is 4.91 Å². The fraction of sp³-hybridized carbons (Fsp3) is 0.349. The Morgan fingerprint density at radius 1 is 0.817 bits per heavy atom. The number of ether oxygens (including phenoxy) is 2. The highest BCUT2D eigenvalue weighted by atomic mass is 16.6. The molecule has 6 aromatic rings. The number of para-hydroxylation sites is 1. The fourth-order valence-electron chi connectivity index (χ4n) is 7.41. The number of unbranched alkanes of at least 4 members (excludes halogenated alkanes) is 2. The second kappa shape index (κ2) is 19.4. The molecule has 17 heteroatoms. The first-order valence-corrected chi connectivity index (χ1v) is 20.4. The normalized spacial score (nSPS) is 15.0. The topological polar surface area (TPSA) is 187 Å². The molecule has 2 amide bonds. The van der Waals surface area contributed by atoms with Crippen LogP contribution in [0.15, 0.2) is 102 Å². The molecular formula is C43H48N11O6+. The molecule has 2 aliphatic rings. The van der Waals surface area contributed by atoms with E-state index in [1.165, 1.54) is 6.33 Å². The number of amides is 2. The van der Waals surface area contributed by atoms with Crippen molar-refractivity contribution in [1.29, 1.82) is 0 Å². The van der Waals surface area contributed by atoms with Crippen molar-refractivity contribution in [2.75, 3.05) is 70.8 Å². The Bertz CT molecular complexity index is 2410. The molecule has 17 nitrogen and oxygen atoms in total. The molecule has 3 N–H and O–H groups in total. The standard InChI is InChI=1S/C43H47N11O6/c55-38(10-5-2-6-19-44-35-16-17-36(48-57)41-40(35)49-60-50-41)45-20-23-52-26-24-51(25-27-52)21-7-11-39(56)53-28-31(29-53)54-22-18-37-42(54)43(47-30-46-37)59-34-14-12-33(13-15-34)58-32-8-3-1-4-9-32/h1,3-4,7-9,11-18,22,30-31,44H,2,5-6,10,19-21,23-29H2,(H,45,55)/p+1/b11-7+. The van der Waals surface area contributed by atoms with Gasteiger partial charge in [-0.2, -0.15) is 4.98 Å². The molecular weight excluding hydrogens is 767 g/mol. The molecule has 0 radical (unpaired) electrons. The van der Waals surface area contributed by atoms with Crippen LogP contribution < -0.4 is 25.3 Å². The average molecular weight is 815 g/mol. The summed E-state index contributed by atoms with van der Waals surface area (Å²) < 4.78 is 19.0. The lowest BCUT2D eigenvalue weighted by atomic mass is 10.1. The number of aromatic nitrogens is 5. The number of nitroso groups, excluding NO2 is 1. The highest BCUT2D eigenvalue weighted by Crippen LogP contribution is 2.34. The van der Waals surface area contributed by atoms with E-state index >= 15 is 0 Å². The molecule has 2 aliphatic heterocycles. The van der Waals surface area contributed by atoms with Crippen LogP contribution in [-0.2, 0) is 9.59 Å². The number of rotatable bonds is 19. The van der Waals surface area contributed by atoms with E-state index in [9.17, 15) is 14.5 Å². The predicted molar refractivity (Wildman–Crippen MR) is 224 cm³/mol. The number of hydrogen-bond donors (Lipinski definition) is 3. The quantitative estimate of drug-likeness (QED) is 0.0774. The minimum absolute atomic E-state index is 0.00639. The van der Waals surface area contributed by atoms with E-state index in [2.05, 4.69) is 45.3 Å². The molecule has 2 saturated heterocycles. The molecule has 0 unspecified atom stereocenters. The SMILES string of the molecule is O=[NH+]c1ccc(NCCCCCC(=O)NCCN2CCN(C/C=C/C(=O)N3CC(n4ccc5ncnc(Oc6ccc(Oc7ccccc7)cc6)c54)C3)CC2)c2nonc12. The molecule has 60 heavy (non-hydrogen) atoms. The van der Waals surface area contributed by atoms with E-state index in [1.54, 1.807) is 18.2 Å². The van der Waals surface area contributed by atoms with Crippen molar-refractivity contribution in [3.63, 3.8) is 0 Å². The fourth-order valence-corrected chi connectivity index (χ4v) is 7.41. The molecule has 2 fully saturated rings. The summed E-state index contributed by atoms with van der Waals surface area (Å²) in [5.74, 6) is 2.63. The molecule has 0 bridgehead atoms. The first-order chi connectivity index (χ1) is 29.5. The van der Waals surface area contributed by atoms with Crippen molar-refractivity contribution in [2.45, 2.75) is 31.7 Å². The van der Waals surface area contributed by atoms with Crippen LogP contribution in [0.4, 0.5) is 11.4 Å². The highest BCUT2D eigenvalue weighted by Gasteiger charge is 2.32. The first kappa shape index (κ1) is 40.1. The van der Waals surface area contributed by atoms with Gasteiger partial charge in [-0.05, 0) is 71.7 Å². The van der Waals surface area contributed by atoms with Gasteiger partial charge >= 0.3 is 0 Å². The second-order valence-corrected chi connectivity index (χ2v) is 14.9. The number of carbonyl (C=O) groups excluding carboxylic acids is 2. The zero-order chi connectivity index (χ0) is 41.1. The van der Waals surface area contributed by atoms with Crippen LogP contribution >= 0.6 is 0 Å². The summed E-state index contributed by atoms with van der Waals surface area (Å²) in [6.45, 7) is 7.68. The van der Waals surface area contributed by atoms with Crippen LogP contribution in [0.2, 0.25) is 0 Å². The summed E-state index contributed by atoms with van der Waals surface area (Å²) in [5.41, 5.74) is 3.54. The smallest absolute Gasteiger partial charge is 0.284 e. The van der Waals surface area contributed by atoms with Crippen molar-refractivity contribution in [1.82, 2.24) is 44.9 Å². The van der Waals surface area contributed by atoms with Crippen LogP contribution in [0.1, 0.15) is 31.7 Å². The van der Waals surface area contributed by atoms with Crippen LogP contribution in [0.5, 0.6) is 23.1 Å². The number of piperazine rings is 1. The molecule has 0 aliphatic carbocycles. The number of hydrogen-bond acceptors (Lipinski definition) is 13. The van der Waals surface area contributed by atoms with Gasteiger partial charge < -0.3 is 29.6 Å². The Labute approximate surface area is 346 Å². The summed E-state index contributed by atoms with van der Waals surface area (Å²) in [6, 6.07) is 22.5.